The Hall–Kier alpha value is -1.49. The molecule has 0 aliphatic carbocycles. The van der Waals surface area contributed by atoms with Crippen LogP contribution in [0.1, 0.15) is 5.56 Å². The SMILES string of the molecule is CSc1ccc(Cn2cnc3c(Cl)cc(Cl)cc3c2=O)cc1. The van der Waals surface area contributed by atoms with Crippen LogP contribution in [0.4, 0.5) is 0 Å². The van der Waals surface area contributed by atoms with E-state index >= 15 is 0 Å². The zero-order chi connectivity index (χ0) is 15.7. The van der Waals surface area contributed by atoms with E-state index in [1.165, 1.54) is 11.2 Å². The average Bonchev–Trinajstić information content (AvgIpc) is 2.51. The van der Waals surface area contributed by atoms with Crippen molar-refractivity contribution >= 4 is 45.9 Å². The number of benzene rings is 2. The molecule has 0 spiro atoms. The van der Waals surface area contributed by atoms with Gasteiger partial charge in [0.05, 0.1) is 28.8 Å². The Morgan fingerprint density at radius 2 is 1.91 bits per heavy atom. The molecule has 2 aromatic carbocycles. The summed E-state index contributed by atoms with van der Waals surface area (Å²) < 4.78 is 1.56. The quantitative estimate of drug-likeness (QED) is 0.653. The first-order chi connectivity index (χ1) is 10.6. The smallest absolute Gasteiger partial charge is 0.261 e. The molecule has 0 amide bonds. The highest BCUT2D eigenvalue weighted by Gasteiger charge is 2.09. The fraction of sp³-hybridized carbons (Fsp3) is 0.125. The van der Waals surface area contributed by atoms with Gasteiger partial charge in [-0.25, -0.2) is 4.98 Å². The van der Waals surface area contributed by atoms with Gasteiger partial charge in [0, 0.05) is 9.92 Å². The first-order valence-electron chi connectivity index (χ1n) is 6.55. The average molecular weight is 351 g/mol. The molecule has 0 aliphatic heterocycles. The maximum atomic E-state index is 12.6. The van der Waals surface area contributed by atoms with Gasteiger partial charge >= 0.3 is 0 Å². The van der Waals surface area contributed by atoms with E-state index in [1.807, 2.05) is 30.5 Å². The summed E-state index contributed by atoms with van der Waals surface area (Å²) in [6.07, 6.45) is 3.55. The van der Waals surface area contributed by atoms with E-state index in [9.17, 15) is 4.79 Å². The van der Waals surface area contributed by atoms with Crippen molar-refractivity contribution in [2.75, 3.05) is 6.26 Å². The Kier molecular flexibility index (Phi) is 4.43. The van der Waals surface area contributed by atoms with Gasteiger partial charge in [0.1, 0.15) is 0 Å². The van der Waals surface area contributed by atoms with E-state index in [2.05, 4.69) is 4.98 Å². The maximum absolute atomic E-state index is 12.6. The van der Waals surface area contributed by atoms with Crippen LogP contribution in [0.25, 0.3) is 10.9 Å². The van der Waals surface area contributed by atoms with Gasteiger partial charge in [-0.05, 0) is 36.1 Å². The summed E-state index contributed by atoms with van der Waals surface area (Å²) in [7, 11) is 0. The number of hydrogen-bond acceptors (Lipinski definition) is 3. The molecule has 0 aliphatic rings. The predicted molar refractivity (Wildman–Crippen MR) is 93.3 cm³/mol. The van der Waals surface area contributed by atoms with Crippen LogP contribution in [-0.4, -0.2) is 15.8 Å². The van der Waals surface area contributed by atoms with E-state index in [0.29, 0.717) is 27.5 Å². The Morgan fingerprint density at radius 1 is 1.18 bits per heavy atom. The molecule has 3 aromatic rings. The molecule has 0 saturated heterocycles. The van der Waals surface area contributed by atoms with Crippen molar-refractivity contribution in [3.8, 4) is 0 Å². The highest BCUT2D eigenvalue weighted by molar-refractivity contribution is 7.98. The van der Waals surface area contributed by atoms with Crippen molar-refractivity contribution in [2.45, 2.75) is 11.4 Å². The van der Waals surface area contributed by atoms with Crippen LogP contribution in [0.5, 0.6) is 0 Å². The van der Waals surface area contributed by atoms with Crippen molar-refractivity contribution in [3.63, 3.8) is 0 Å². The van der Waals surface area contributed by atoms with Crippen molar-refractivity contribution < 1.29 is 0 Å². The predicted octanol–water partition coefficient (Wildman–Crippen LogP) is 4.47. The van der Waals surface area contributed by atoms with Crippen LogP contribution in [0.15, 0.2) is 52.4 Å². The highest BCUT2D eigenvalue weighted by atomic mass is 35.5. The minimum absolute atomic E-state index is 0.150. The van der Waals surface area contributed by atoms with Crippen molar-refractivity contribution in [2.24, 2.45) is 0 Å². The molecule has 1 heterocycles. The molecule has 0 saturated carbocycles. The van der Waals surface area contributed by atoms with Crippen LogP contribution in [0.2, 0.25) is 10.0 Å². The molecule has 3 rings (SSSR count). The third-order valence-electron chi connectivity index (χ3n) is 3.36. The standard InChI is InChI=1S/C16H12Cl2N2OS/c1-22-12-4-2-10(3-5-12)8-20-9-19-15-13(16(20)21)6-11(17)7-14(15)18/h2-7,9H,8H2,1H3. The summed E-state index contributed by atoms with van der Waals surface area (Å²) in [4.78, 5) is 18.0. The summed E-state index contributed by atoms with van der Waals surface area (Å²) in [5, 5.41) is 1.25. The molecule has 112 valence electrons. The largest absolute Gasteiger partial charge is 0.294 e. The third-order valence-corrected chi connectivity index (χ3v) is 4.61. The molecular formula is C16H12Cl2N2OS. The lowest BCUT2D eigenvalue weighted by molar-refractivity contribution is 0.748. The van der Waals surface area contributed by atoms with Gasteiger partial charge in [-0.1, -0.05) is 35.3 Å². The second-order valence-corrected chi connectivity index (χ2v) is 6.53. The highest BCUT2D eigenvalue weighted by Crippen LogP contribution is 2.24. The van der Waals surface area contributed by atoms with Crippen LogP contribution >= 0.6 is 35.0 Å². The van der Waals surface area contributed by atoms with Crippen LogP contribution in [0, 0.1) is 0 Å². The number of rotatable bonds is 3. The first kappa shape index (κ1) is 15.4. The van der Waals surface area contributed by atoms with E-state index in [0.717, 1.165) is 5.56 Å². The molecule has 3 nitrogen and oxygen atoms in total. The molecule has 0 bridgehead atoms. The molecule has 0 unspecified atom stereocenters. The number of nitrogens with zero attached hydrogens (tertiary/aromatic N) is 2. The van der Waals surface area contributed by atoms with Crippen molar-refractivity contribution in [1.29, 1.82) is 0 Å². The zero-order valence-corrected chi connectivity index (χ0v) is 14.0. The summed E-state index contributed by atoms with van der Waals surface area (Å²) >= 11 is 13.7. The summed E-state index contributed by atoms with van der Waals surface area (Å²) in [5.74, 6) is 0. The van der Waals surface area contributed by atoms with Crippen molar-refractivity contribution in [1.82, 2.24) is 9.55 Å². The van der Waals surface area contributed by atoms with Gasteiger partial charge in [0.15, 0.2) is 0 Å². The van der Waals surface area contributed by atoms with Gasteiger partial charge in [-0.3, -0.25) is 9.36 Å². The fourth-order valence-electron chi connectivity index (χ4n) is 2.24. The van der Waals surface area contributed by atoms with E-state index in [1.54, 1.807) is 28.5 Å². The third kappa shape index (κ3) is 3.00. The normalized spacial score (nSPS) is 11.0. The Balaban J connectivity index is 2.04. The van der Waals surface area contributed by atoms with Gasteiger partial charge in [-0.15, -0.1) is 11.8 Å². The summed E-state index contributed by atoms with van der Waals surface area (Å²) in [5.41, 5.74) is 1.36. The van der Waals surface area contributed by atoms with Gasteiger partial charge in [0.2, 0.25) is 0 Å². The van der Waals surface area contributed by atoms with E-state index in [4.69, 9.17) is 23.2 Å². The van der Waals surface area contributed by atoms with E-state index < -0.39 is 0 Å². The number of halogens is 2. The molecule has 0 radical (unpaired) electrons. The molecule has 0 fully saturated rings. The van der Waals surface area contributed by atoms with Gasteiger partial charge in [0.25, 0.3) is 5.56 Å². The van der Waals surface area contributed by atoms with Crippen molar-refractivity contribution in [3.05, 3.63) is 68.7 Å². The van der Waals surface area contributed by atoms with Gasteiger partial charge in [-0.2, -0.15) is 0 Å². The second-order valence-electron chi connectivity index (χ2n) is 4.81. The summed E-state index contributed by atoms with van der Waals surface area (Å²) in [6.45, 7) is 0.459. The summed E-state index contributed by atoms with van der Waals surface area (Å²) in [6, 6.07) is 11.3. The molecule has 0 N–H and O–H groups in total. The van der Waals surface area contributed by atoms with Crippen LogP contribution in [0.3, 0.4) is 0 Å². The molecular weight excluding hydrogens is 339 g/mol. The van der Waals surface area contributed by atoms with E-state index in [-0.39, 0.29) is 5.56 Å². The first-order valence-corrected chi connectivity index (χ1v) is 8.53. The van der Waals surface area contributed by atoms with Gasteiger partial charge < -0.3 is 0 Å². The lowest BCUT2D eigenvalue weighted by Gasteiger charge is -2.08. The lowest BCUT2D eigenvalue weighted by Crippen LogP contribution is -2.21. The Labute approximate surface area is 141 Å². The monoisotopic (exact) mass is 350 g/mol. The maximum Gasteiger partial charge on any atom is 0.261 e. The Bertz CT molecular complexity index is 891. The zero-order valence-electron chi connectivity index (χ0n) is 11.7. The second kappa shape index (κ2) is 6.32. The number of hydrogen-bond donors (Lipinski definition) is 0. The number of aromatic nitrogens is 2. The molecule has 1 aromatic heterocycles. The number of thioether (sulfide) groups is 1. The lowest BCUT2D eigenvalue weighted by atomic mass is 10.2. The fourth-order valence-corrected chi connectivity index (χ4v) is 3.19. The topological polar surface area (TPSA) is 34.9 Å². The Morgan fingerprint density at radius 3 is 2.59 bits per heavy atom. The molecule has 6 heteroatoms. The number of fused-ring (bicyclic) bond motifs is 1. The molecule has 22 heavy (non-hydrogen) atoms. The minimum Gasteiger partial charge on any atom is -0.294 e. The molecule has 0 atom stereocenters. The van der Waals surface area contributed by atoms with Crippen LogP contribution in [-0.2, 0) is 6.54 Å². The minimum atomic E-state index is -0.150. The van der Waals surface area contributed by atoms with Crippen LogP contribution < -0.4 is 5.56 Å².